The Morgan fingerprint density at radius 2 is 2.39 bits per heavy atom. The first-order valence-corrected chi connectivity index (χ1v) is 5.97. The number of fused-ring (bicyclic) bond motifs is 1. The van der Waals surface area contributed by atoms with E-state index in [0.717, 1.165) is 17.8 Å². The fourth-order valence-electron chi connectivity index (χ4n) is 2.20. The zero-order chi connectivity index (χ0) is 13.1. The number of rotatable bonds is 3. The summed E-state index contributed by atoms with van der Waals surface area (Å²) < 4.78 is 0. The smallest absolute Gasteiger partial charge is 0.246 e. The third-order valence-corrected chi connectivity index (χ3v) is 3.11. The van der Waals surface area contributed by atoms with Crippen LogP contribution in [-0.4, -0.2) is 25.0 Å². The number of amides is 1. The van der Waals surface area contributed by atoms with Gasteiger partial charge >= 0.3 is 0 Å². The average Bonchev–Trinajstić information content (AvgIpc) is 2.38. The van der Waals surface area contributed by atoms with Gasteiger partial charge in [-0.3, -0.25) is 4.79 Å². The number of anilines is 2. The summed E-state index contributed by atoms with van der Waals surface area (Å²) in [7, 11) is 0. The normalized spacial score (nSPS) is 15.6. The van der Waals surface area contributed by atoms with Crippen molar-refractivity contribution in [2.75, 3.05) is 23.3 Å². The zero-order valence-corrected chi connectivity index (χ0v) is 10.3. The van der Waals surface area contributed by atoms with Gasteiger partial charge in [-0.05, 0) is 38.1 Å². The van der Waals surface area contributed by atoms with Gasteiger partial charge in [0.2, 0.25) is 5.91 Å². The monoisotopic (exact) mass is 244 g/mol. The Hall–Kier alpha value is -2.06. The lowest BCUT2D eigenvalue weighted by atomic mass is 10.1. The number of nitrogens with one attached hydrogen (secondary N) is 1. The molecule has 1 aromatic carbocycles. The van der Waals surface area contributed by atoms with Crippen molar-refractivity contribution in [3.05, 3.63) is 23.8 Å². The Morgan fingerprint density at radius 3 is 3.06 bits per heavy atom. The van der Waals surface area contributed by atoms with Crippen LogP contribution >= 0.6 is 0 Å². The number of carbonyl (C=O) groups is 1. The summed E-state index contributed by atoms with van der Waals surface area (Å²) in [5.74, 6) is 0.0353. The van der Waals surface area contributed by atoms with Gasteiger partial charge in [-0.1, -0.05) is 0 Å². The molecule has 2 rings (SSSR count). The molecule has 1 amide bonds. The van der Waals surface area contributed by atoms with Gasteiger partial charge < -0.3 is 16.0 Å². The van der Waals surface area contributed by atoms with Gasteiger partial charge in [0.15, 0.2) is 0 Å². The maximum Gasteiger partial charge on any atom is 0.246 e. The second kappa shape index (κ2) is 5.07. The molecule has 18 heavy (non-hydrogen) atoms. The molecular formula is C13H16N4O. The van der Waals surface area contributed by atoms with E-state index >= 15 is 0 Å². The third kappa shape index (κ3) is 2.15. The first-order valence-electron chi connectivity index (χ1n) is 5.97. The van der Waals surface area contributed by atoms with Gasteiger partial charge in [-0.2, -0.15) is 5.26 Å². The number of hydrogen-bond donors (Lipinski definition) is 2. The summed E-state index contributed by atoms with van der Waals surface area (Å²) in [5.41, 5.74) is 7.79. The lowest BCUT2D eigenvalue weighted by molar-refractivity contribution is -0.117. The Labute approximate surface area is 106 Å². The number of nitrogens with zero attached hydrogens (tertiary/aromatic N) is 2. The molecule has 0 bridgehead atoms. The minimum absolute atomic E-state index is 0.0353. The minimum atomic E-state index is 0.0353. The predicted octanol–water partition coefficient (Wildman–Crippen LogP) is 1.05. The van der Waals surface area contributed by atoms with Crippen LogP contribution < -0.4 is 16.0 Å². The van der Waals surface area contributed by atoms with Crippen LogP contribution in [-0.2, 0) is 4.79 Å². The largest absolute Gasteiger partial charge is 0.374 e. The van der Waals surface area contributed by atoms with Gasteiger partial charge in [-0.15, -0.1) is 0 Å². The number of benzene rings is 1. The highest BCUT2D eigenvalue weighted by Gasteiger charge is 2.27. The van der Waals surface area contributed by atoms with Crippen LogP contribution in [0.25, 0.3) is 0 Å². The SMILES string of the molecule is CC(CCN)N1C(=O)CNc2cc(C#N)ccc21. The summed E-state index contributed by atoms with van der Waals surface area (Å²) >= 11 is 0. The molecule has 0 aromatic heterocycles. The quantitative estimate of drug-likeness (QED) is 0.832. The van der Waals surface area contributed by atoms with Gasteiger partial charge in [0, 0.05) is 6.04 Å². The van der Waals surface area contributed by atoms with E-state index in [1.807, 2.05) is 13.0 Å². The van der Waals surface area contributed by atoms with Crippen molar-refractivity contribution in [1.82, 2.24) is 0 Å². The van der Waals surface area contributed by atoms with E-state index < -0.39 is 0 Å². The minimum Gasteiger partial charge on any atom is -0.374 e. The van der Waals surface area contributed by atoms with E-state index in [2.05, 4.69) is 11.4 Å². The van der Waals surface area contributed by atoms with Gasteiger partial charge in [-0.25, -0.2) is 0 Å². The fraction of sp³-hybridized carbons (Fsp3) is 0.385. The Kier molecular flexibility index (Phi) is 3.49. The lowest BCUT2D eigenvalue weighted by Crippen LogP contribution is -2.46. The zero-order valence-electron chi connectivity index (χ0n) is 10.3. The number of nitriles is 1. The molecule has 5 nitrogen and oxygen atoms in total. The van der Waals surface area contributed by atoms with E-state index in [1.54, 1.807) is 17.0 Å². The van der Waals surface area contributed by atoms with Crippen molar-refractivity contribution in [2.24, 2.45) is 5.73 Å². The molecule has 0 saturated carbocycles. The van der Waals surface area contributed by atoms with E-state index in [-0.39, 0.29) is 18.5 Å². The van der Waals surface area contributed by atoms with Crippen LogP contribution in [0.5, 0.6) is 0 Å². The first-order chi connectivity index (χ1) is 8.67. The summed E-state index contributed by atoms with van der Waals surface area (Å²) in [4.78, 5) is 13.7. The Balaban J connectivity index is 2.39. The van der Waals surface area contributed by atoms with Crippen molar-refractivity contribution < 1.29 is 4.79 Å². The molecule has 1 aliphatic heterocycles. The van der Waals surface area contributed by atoms with Gasteiger partial charge in [0.1, 0.15) is 0 Å². The summed E-state index contributed by atoms with van der Waals surface area (Å²) in [5, 5.41) is 11.9. The molecule has 1 heterocycles. The highest BCUT2D eigenvalue weighted by molar-refractivity contribution is 6.03. The van der Waals surface area contributed by atoms with Crippen molar-refractivity contribution in [2.45, 2.75) is 19.4 Å². The van der Waals surface area contributed by atoms with E-state index in [1.165, 1.54) is 0 Å². The number of carbonyl (C=O) groups excluding carboxylic acids is 1. The summed E-state index contributed by atoms with van der Waals surface area (Å²) in [6.07, 6.45) is 0.755. The molecule has 0 spiro atoms. The van der Waals surface area contributed by atoms with Crippen LogP contribution in [0.15, 0.2) is 18.2 Å². The number of nitrogens with two attached hydrogens (primary N) is 1. The van der Waals surface area contributed by atoms with Crippen LogP contribution in [0.4, 0.5) is 11.4 Å². The molecule has 1 atom stereocenters. The number of hydrogen-bond acceptors (Lipinski definition) is 4. The fourth-order valence-corrected chi connectivity index (χ4v) is 2.20. The molecule has 1 unspecified atom stereocenters. The second-order valence-corrected chi connectivity index (χ2v) is 4.39. The predicted molar refractivity (Wildman–Crippen MR) is 70.3 cm³/mol. The van der Waals surface area contributed by atoms with Crippen molar-refractivity contribution in [1.29, 1.82) is 5.26 Å². The van der Waals surface area contributed by atoms with Crippen LogP contribution in [0.3, 0.4) is 0 Å². The Morgan fingerprint density at radius 1 is 1.61 bits per heavy atom. The highest BCUT2D eigenvalue weighted by atomic mass is 16.2. The molecule has 3 N–H and O–H groups in total. The summed E-state index contributed by atoms with van der Waals surface area (Å²) in [6.45, 7) is 2.79. The van der Waals surface area contributed by atoms with Gasteiger partial charge in [0.25, 0.3) is 0 Å². The molecule has 0 fully saturated rings. The van der Waals surface area contributed by atoms with Crippen LogP contribution in [0.1, 0.15) is 18.9 Å². The molecule has 0 saturated heterocycles. The van der Waals surface area contributed by atoms with Crippen molar-refractivity contribution in [3.63, 3.8) is 0 Å². The first kappa shape index (κ1) is 12.4. The highest BCUT2D eigenvalue weighted by Crippen LogP contribution is 2.32. The van der Waals surface area contributed by atoms with Crippen LogP contribution in [0, 0.1) is 11.3 Å². The molecular weight excluding hydrogens is 228 g/mol. The molecule has 0 aliphatic carbocycles. The summed E-state index contributed by atoms with van der Waals surface area (Å²) in [6, 6.07) is 7.46. The maximum atomic E-state index is 12.0. The standard InChI is InChI=1S/C13H16N4O/c1-9(4-5-14)17-12-3-2-10(7-15)6-11(12)16-8-13(17)18/h2-3,6,9,16H,4-5,8,14H2,1H3. The molecule has 0 radical (unpaired) electrons. The van der Waals surface area contributed by atoms with E-state index in [9.17, 15) is 4.79 Å². The topological polar surface area (TPSA) is 82.2 Å². The molecule has 1 aromatic rings. The van der Waals surface area contributed by atoms with Crippen molar-refractivity contribution >= 4 is 17.3 Å². The third-order valence-electron chi connectivity index (χ3n) is 3.11. The molecule has 1 aliphatic rings. The lowest BCUT2D eigenvalue weighted by Gasteiger charge is -2.34. The Bertz CT molecular complexity index is 506. The average molecular weight is 244 g/mol. The van der Waals surface area contributed by atoms with E-state index in [4.69, 9.17) is 11.0 Å². The van der Waals surface area contributed by atoms with Gasteiger partial charge in [0.05, 0.1) is 29.6 Å². The molecule has 5 heteroatoms. The van der Waals surface area contributed by atoms with E-state index in [0.29, 0.717) is 12.1 Å². The molecule has 94 valence electrons. The van der Waals surface area contributed by atoms with Crippen LogP contribution in [0.2, 0.25) is 0 Å². The maximum absolute atomic E-state index is 12.0. The van der Waals surface area contributed by atoms with Crippen molar-refractivity contribution in [3.8, 4) is 6.07 Å². The second-order valence-electron chi connectivity index (χ2n) is 4.39.